The summed E-state index contributed by atoms with van der Waals surface area (Å²) in [7, 11) is 1.59. The van der Waals surface area contributed by atoms with Gasteiger partial charge in [-0.1, -0.05) is 13.8 Å². The van der Waals surface area contributed by atoms with E-state index in [9.17, 15) is 9.59 Å². The molecule has 134 valence electrons. The van der Waals surface area contributed by atoms with Crippen LogP contribution in [0.25, 0.3) is 0 Å². The van der Waals surface area contributed by atoms with Gasteiger partial charge >= 0.3 is 6.03 Å². The van der Waals surface area contributed by atoms with Crippen LogP contribution in [0.15, 0.2) is 6.20 Å². The van der Waals surface area contributed by atoms with Gasteiger partial charge in [-0.05, 0) is 12.3 Å². The Morgan fingerprint density at radius 2 is 2.17 bits per heavy atom. The number of methoxy groups -OCH3 is 1. The highest BCUT2D eigenvalue weighted by atomic mass is 16.5. The number of nitrogens with zero attached hydrogens (tertiary/aromatic N) is 2. The summed E-state index contributed by atoms with van der Waals surface area (Å²) in [6.45, 7) is 6.41. The Bertz CT molecular complexity index is 570. The number of carbonyl (C=O) groups is 2. The molecule has 0 fully saturated rings. The monoisotopic (exact) mass is 337 g/mol. The average Bonchev–Trinajstić information content (AvgIpc) is 3.06. The second-order valence-electron chi connectivity index (χ2n) is 6.42. The molecule has 8 nitrogen and oxygen atoms in total. The molecule has 0 spiro atoms. The first kappa shape index (κ1) is 18.3. The van der Waals surface area contributed by atoms with Crippen LogP contribution in [0.2, 0.25) is 0 Å². The van der Waals surface area contributed by atoms with Crippen LogP contribution in [0.4, 0.5) is 4.79 Å². The van der Waals surface area contributed by atoms with Crippen LogP contribution in [0.1, 0.15) is 36.3 Å². The van der Waals surface area contributed by atoms with Crippen molar-refractivity contribution in [3.8, 4) is 0 Å². The first-order chi connectivity index (χ1) is 11.5. The third-order valence-corrected chi connectivity index (χ3v) is 3.96. The van der Waals surface area contributed by atoms with Crippen molar-refractivity contribution in [2.24, 2.45) is 5.92 Å². The van der Waals surface area contributed by atoms with Crippen molar-refractivity contribution in [3.63, 3.8) is 0 Å². The number of rotatable bonds is 8. The van der Waals surface area contributed by atoms with Gasteiger partial charge in [-0.2, -0.15) is 5.10 Å². The number of hydrogen-bond acceptors (Lipinski definition) is 4. The van der Waals surface area contributed by atoms with Crippen molar-refractivity contribution in [3.05, 3.63) is 17.5 Å². The fourth-order valence-corrected chi connectivity index (χ4v) is 2.65. The molecule has 0 radical (unpaired) electrons. The number of nitrogens with one attached hydrogen (secondary N) is 3. The molecule has 0 unspecified atom stereocenters. The molecule has 1 aromatic rings. The molecule has 0 aliphatic carbocycles. The number of amides is 3. The summed E-state index contributed by atoms with van der Waals surface area (Å²) < 4.78 is 6.70. The fourth-order valence-electron chi connectivity index (χ4n) is 2.65. The molecule has 0 saturated heterocycles. The van der Waals surface area contributed by atoms with Gasteiger partial charge in [-0.3, -0.25) is 9.48 Å². The van der Waals surface area contributed by atoms with Crippen LogP contribution in [0.5, 0.6) is 0 Å². The number of hydrogen-bond donors (Lipinski definition) is 3. The van der Waals surface area contributed by atoms with Crippen LogP contribution >= 0.6 is 0 Å². The Kier molecular flexibility index (Phi) is 6.60. The predicted octanol–water partition coefficient (Wildman–Crippen LogP) is 0.529. The number of aromatic nitrogens is 2. The van der Waals surface area contributed by atoms with E-state index in [0.717, 1.165) is 12.1 Å². The molecule has 1 aliphatic heterocycles. The second kappa shape index (κ2) is 8.68. The molecule has 2 rings (SSSR count). The van der Waals surface area contributed by atoms with Gasteiger partial charge in [0.1, 0.15) is 0 Å². The molecule has 24 heavy (non-hydrogen) atoms. The Hall–Kier alpha value is -2.09. The average molecular weight is 337 g/mol. The third-order valence-electron chi connectivity index (χ3n) is 3.96. The summed E-state index contributed by atoms with van der Waals surface area (Å²) in [5.74, 6) is 0.399. The maximum Gasteiger partial charge on any atom is 0.315 e. The zero-order valence-corrected chi connectivity index (χ0v) is 14.6. The Morgan fingerprint density at radius 1 is 1.38 bits per heavy atom. The zero-order valence-electron chi connectivity index (χ0n) is 14.6. The normalized spacial score (nSPS) is 16.1. The van der Waals surface area contributed by atoms with E-state index in [-0.39, 0.29) is 18.0 Å². The SMILES string of the molecule is COCCNC(=O)c1cnn2c1C[C@H](NC(=O)NCCC(C)C)C2. The molecular formula is C16H27N5O3. The van der Waals surface area contributed by atoms with Gasteiger partial charge in [0, 0.05) is 26.6 Å². The lowest BCUT2D eigenvalue weighted by molar-refractivity contribution is 0.0936. The quantitative estimate of drug-likeness (QED) is 0.603. The lowest BCUT2D eigenvalue weighted by atomic mass is 10.1. The molecule has 0 bridgehead atoms. The minimum atomic E-state index is -0.169. The van der Waals surface area contributed by atoms with Gasteiger partial charge in [-0.15, -0.1) is 0 Å². The van der Waals surface area contributed by atoms with Gasteiger partial charge in [0.25, 0.3) is 5.91 Å². The molecule has 1 atom stereocenters. The van der Waals surface area contributed by atoms with Gasteiger partial charge in [-0.25, -0.2) is 4.79 Å². The van der Waals surface area contributed by atoms with Gasteiger partial charge in [0.2, 0.25) is 0 Å². The maximum atomic E-state index is 12.2. The minimum absolute atomic E-state index is 0.0433. The molecule has 1 aliphatic rings. The molecule has 0 saturated carbocycles. The lowest BCUT2D eigenvalue weighted by Crippen LogP contribution is -2.43. The van der Waals surface area contributed by atoms with Crippen molar-refractivity contribution in [1.82, 2.24) is 25.7 Å². The molecular weight excluding hydrogens is 310 g/mol. The summed E-state index contributed by atoms with van der Waals surface area (Å²) in [6.07, 6.45) is 3.13. The molecule has 0 aromatic carbocycles. The number of ether oxygens (including phenoxy) is 1. The van der Waals surface area contributed by atoms with Crippen molar-refractivity contribution < 1.29 is 14.3 Å². The van der Waals surface area contributed by atoms with Crippen molar-refractivity contribution in [2.45, 2.75) is 39.3 Å². The number of carbonyl (C=O) groups excluding carboxylic acids is 2. The summed E-state index contributed by atoms with van der Waals surface area (Å²) >= 11 is 0. The van der Waals surface area contributed by atoms with Crippen LogP contribution < -0.4 is 16.0 Å². The summed E-state index contributed by atoms with van der Waals surface area (Å²) in [4.78, 5) is 24.1. The predicted molar refractivity (Wildman–Crippen MR) is 89.9 cm³/mol. The fraction of sp³-hybridized carbons (Fsp3) is 0.688. The van der Waals surface area contributed by atoms with Crippen LogP contribution in [-0.2, 0) is 17.7 Å². The minimum Gasteiger partial charge on any atom is -0.383 e. The van der Waals surface area contributed by atoms with E-state index in [1.54, 1.807) is 18.0 Å². The third kappa shape index (κ3) is 4.95. The highest BCUT2D eigenvalue weighted by Crippen LogP contribution is 2.18. The smallest absolute Gasteiger partial charge is 0.315 e. The molecule has 1 aromatic heterocycles. The summed E-state index contributed by atoms with van der Waals surface area (Å²) in [5, 5.41) is 12.8. The van der Waals surface area contributed by atoms with E-state index in [1.807, 2.05) is 0 Å². The standard InChI is InChI=1S/C16H27N5O3/c1-11(2)4-5-18-16(23)20-12-8-14-13(9-19-21(14)10-12)15(22)17-6-7-24-3/h9,11-12H,4-8,10H2,1-3H3,(H,17,22)(H2,18,20,23)/t12-/m0/s1. The van der Waals surface area contributed by atoms with Crippen molar-refractivity contribution in [2.75, 3.05) is 26.8 Å². The van der Waals surface area contributed by atoms with Gasteiger partial charge in [0.05, 0.1) is 36.6 Å². The van der Waals surface area contributed by atoms with Gasteiger partial charge in [0.15, 0.2) is 0 Å². The van der Waals surface area contributed by atoms with Crippen LogP contribution in [0, 0.1) is 5.92 Å². The number of fused-ring (bicyclic) bond motifs is 1. The number of urea groups is 1. The van der Waals surface area contributed by atoms with Crippen LogP contribution in [-0.4, -0.2) is 54.6 Å². The van der Waals surface area contributed by atoms with Crippen LogP contribution in [0.3, 0.4) is 0 Å². The van der Waals surface area contributed by atoms with Crippen molar-refractivity contribution >= 4 is 11.9 Å². The Morgan fingerprint density at radius 3 is 2.88 bits per heavy atom. The van der Waals surface area contributed by atoms with E-state index in [2.05, 4.69) is 34.9 Å². The summed E-state index contributed by atoms with van der Waals surface area (Å²) in [5.41, 5.74) is 1.42. The molecule has 2 heterocycles. The first-order valence-electron chi connectivity index (χ1n) is 8.37. The molecule has 8 heteroatoms. The lowest BCUT2D eigenvalue weighted by Gasteiger charge is -2.13. The van der Waals surface area contributed by atoms with E-state index >= 15 is 0 Å². The zero-order chi connectivity index (χ0) is 17.5. The van der Waals surface area contributed by atoms with Gasteiger partial charge < -0.3 is 20.7 Å². The van der Waals surface area contributed by atoms with Crippen molar-refractivity contribution in [1.29, 1.82) is 0 Å². The van der Waals surface area contributed by atoms with E-state index < -0.39 is 0 Å². The molecule has 3 N–H and O–H groups in total. The highest BCUT2D eigenvalue weighted by molar-refractivity contribution is 5.95. The Labute approximate surface area is 142 Å². The van der Waals surface area contributed by atoms with E-state index in [1.165, 1.54) is 0 Å². The Balaban J connectivity index is 1.82. The topological polar surface area (TPSA) is 97.3 Å². The van der Waals surface area contributed by atoms with E-state index in [4.69, 9.17) is 4.74 Å². The second-order valence-corrected chi connectivity index (χ2v) is 6.42. The first-order valence-corrected chi connectivity index (χ1v) is 8.37. The highest BCUT2D eigenvalue weighted by Gasteiger charge is 2.28. The molecule has 3 amide bonds. The maximum absolute atomic E-state index is 12.2. The largest absolute Gasteiger partial charge is 0.383 e. The summed E-state index contributed by atoms with van der Waals surface area (Å²) in [6, 6.07) is -0.212. The van der Waals surface area contributed by atoms with E-state index in [0.29, 0.717) is 44.1 Å².